The molecule has 0 saturated carbocycles. The lowest BCUT2D eigenvalue weighted by atomic mass is 10.0. The molecule has 1 heterocycles. The second-order valence-corrected chi connectivity index (χ2v) is 5.13. The summed E-state index contributed by atoms with van der Waals surface area (Å²) >= 11 is 5.67. The molecule has 0 saturated heterocycles. The second kappa shape index (κ2) is 9.50. The smallest absolute Gasteiger partial charge is 0.305 e. The van der Waals surface area contributed by atoms with Crippen molar-refractivity contribution in [2.45, 2.75) is 51.5 Å². The lowest BCUT2D eigenvalue weighted by Gasteiger charge is -2.18. The summed E-state index contributed by atoms with van der Waals surface area (Å²) in [6.45, 7) is 2.06. The Bertz CT molecular complexity index is 460. The summed E-state index contributed by atoms with van der Waals surface area (Å²) in [6.07, 6.45) is 5.75. The van der Waals surface area contributed by atoms with E-state index in [1.165, 1.54) is 7.11 Å². The number of anilines is 1. The van der Waals surface area contributed by atoms with E-state index < -0.39 is 5.82 Å². The van der Waals surface area contributed by atoms with Gasteiger partial charge in [-0.1, -0.05) is 19.8 Å². The second-order valence-electron chi connectivity index (χ2n) is 4.79. The van der Waals surface area contributed by atoms with Gasteiger partial charge in [-0.2, -0.15) is 4.98 Å². The summed E-state index contributed by atoms with van der Waals surface area (Å²) in [7, 11) is 1.38. The van der Waals surface area contributed by atoms with Gasteiger partial charge >= 0.3 is 5.97 Å². The van der Waals surface area contributed by atoms with Crippen molar-refractivity contribution in [3.05, 3.63) is 17.3 Å². The van der Waals surface area contributed by atoms with Gasteiger partial charge in [0.05, 0.1) is 13.3 Å². The lowest BCUT2D eigenvalue weighted by Crippen LogP contribution is -2.21. The molecule has 21 heavy (non-hydrogen) atoms. The summed E-state index contributed by atoms with van der Waals surface area (Å²) < 4.78 is 18.2. The Morgan fingerprint density at radius 2 is 2.24 bits per heavy atom. The van der Waals surface area contributed by atoms with Gasteiger partial charge in [0, 0.05) is 12.5 Å². The average Bonchev–Trinajstić information content (AvgIpc) is 2.47. The Kier molecular flexibility index (Phi) is 7.97. The molecule has 1 aromatic heterocycles. The van der Waals surface area contributed by atoms with Crippen LogP contribution >= 0.6 is 11.6 Å². The molecule has 7 heteroatoms. The van der Waals surface area contributed by atoms with E-state index in [4.69, 9.17) is 11.6 Å². The van der Waals surface area contributed by atoms with Gasteiger partial charge in [0.1, 0.15) is 0 Å². The molecule has 5 nitrogen and oxygen atoms in total. The molecular formula is C14H21ClFN3O2. The number of halogens is 2. The first-order valence-electron chi connectivity index (χ1n) is 7.08. The lowest BCUT2D eigenvalue weighted by molar-refractivity contribution is -0.140. The van der Waals surface area contributed by atoms with E-state index in [1.54, 1.807) is 0 Å². The number of rotatable bonds is 9. The molecule has 118 valence electrons. The van der Waals surface area contributed by atoms with Crippen LogP contribution in [-0.4, -0.2) is 29.1 Å². The molecule has 1 rings (SSSR count). The molecule has 0 aliphatic carbocycles. The van der Waals surface area contributed by atoms with E-state index in [2.05, 4.69) is 26.9 Å². The van der Waals surface area contributed by atoms with E-state index in [1.807, 2.05) is 0 Å². The molecule has 0 aliphatic heterocycles. The molecule has 1 atom stereocenters. The maximum Gasteiger partial charge on any atom is 0.305 e. The highest BCUT2D eigenvalue weighted by Gasteiger charge is 2.13. The van der Waals surface area contributed by atoms with Crippen LogP contribution < -0.4 is 5.32 Å². The van der Waals surface area contributed by atoms with Crippen molar-refractivity contribution in [3.8, 4) is 0 Å². The standard InChI is InChI=1S/C14H21ClFN3O2/c1-3-6-10(7-4-5-8-12(20)21-2)18-13-11(16)9-17-14(15)19-13/h9-10H,3-8H2,1-2H3,(H,17,18,19). The van der Waals surface area contributed by atoms with Gasteiger partial charge in [-0.05, 0) is 30.9 Å². The number of aromatic nitrogens is 2. The van der Waals surface area contributed by atoms with E-state index in [0.29, 0.717) is 6.42 Å². The third-order valence-corrected chi connectivity index (χ3v) is 3.29. The summed E-state index contributed by atoms with van der Waals surface area (Å²) in [6, 6.07) is 0.0908. The Balaban J connectivity index is 2.49. The molecule has 0 fully saturated rings. The van der Waals surface area contributed by atoms with E-state index in [0.717, 1.165) is 38.3 Å². The number of carbonyl (C=O) groups excluding carboxylic acids is 1. The largest absolute Gasteiger partial charge is 0.469 e. The minimum absolute atomic E-state index is 0.0137. The van der Waals surface area contributed by atoms with E-state index in [9.17, 15) is 9.18 Å². The van der Waals surface area contributed by atoms with Gasteiger partial charge in [-0.3, -0.25) is 4.79 Å². The molecule has 1 N–H and O–H groups in total. The zero-order valence-electron chi connectivity index (χ0n) is 12.4. The fraction of sp³-hybridized carbons (Fsp3) is 0.643. The number of ether oxygens (including phenoxy) is 1. The van der Waals surface area contributed by atoms with Crippen molar-refractivity contribution in [2.75, 3.05) is 12.4 Å². The van der Waals surface area contributed by atoms with Crippen molar-refractivity contribution in [2.24, 2.45) is 0 Å². The minimum atomic E-state index is -0.518. The highest BCUT2D eigenvalue weighted by atomic mass is 35.5. The van der Waals surface area contributed by atoms with Crippen LogP contribution in [0.4, 0.5) is 10.2 Å². The predicted molar refractivity (Wildman–Crippen MR) is 79.8 cm³/mol. The number of unbranched alkanes of at least 4 members (excludes halogenated alkanes) is 1. The third kappa shape index (κ3) is 6.71. The molecule has 0 bridgehead atoms. The van der Waals surface area contributed by atoms with Crippen molar-refractivity contribution in [3.63, 3.8) is 0 Å². The monoisotopic (exact) mass is 317 g/mol. The van der Waals surface area contributed by atoms with Gasteiger partial charge in [-0.25, -0.2) is 9.37 Å². The first kappa shape index (κ1) is 17.6. The number of hydrogen-bond donors (Lipinski definition) is 1. The Labute approximate surface area is 129 Å². The summed E-state index contributed by atoms with van der Waals surface area (Å²) in [5.41, 5.74) is 0. The number of nitrogens with one attached hydrogen (secondary N) is 1. The van der Waals surface area contributed by atoms with Gasteiger partial charge < -0.3 is 10.1 Å². The maximum absolute atomic E-state index is 13.6. The zero-order chi connectivity index (χ0) is 15.7. The number of esters is 1. The SMILES string of the molecule is CCCC(CCCCC(=O)OC)Nc1nc(Cl)ncc1F. The van der Waals surface area contributed by atoms with Crippen molar-refractivity contribution < 1.29 is 13.9 Å². The molecule has 1 unspecified atom stereocenters. The number of methoxy groups -OCH3 is 1. The highest BCUT2D eigenvalue weighted by molar-refractivity contribution is 6.28. The van der Waals surface area contributed by atoms with Crippen molar-refractivity contribution >= 4 is 23.4 Å². The normalized spacial score (nSPS) is 12.0. The quantitative estimate of drug-likeness (QED) is 0.428. The van der Waals surface area contributed by atoms with Crippen LogP contribution in [0.25, 0.3) is 0 Å². The highest BCUT2D eigenvalue weighted by Crippen LogP contribution is 2.18. The molecule has 0 aliphatic rings. The first-order chi connectivity index (χ1) is 10.1. The van der Waals surface area contributed by atoms with Crippen molar-refractivity contribution in [1.29, 1.82) is 0 Å². The Hall–Kier alpha value is -1.43. The Morgan fingerprint density at radius 1 is 1.48 bits per heavy atom. The summed E-state index contributed by atoms with van der Waals surface area (Å²) in [5.74, 6) is -0.597. The van der Waals surface area contributed by atoms with E-state index >= 15 is 0 Å². The average molecular weight is 318 g/mol. The van der Waals surface area contributed by atoms with E-state index in [-0.39, 0.29) is 23.1 Å². The van der Waals surface area contributed by atoms with Crippen LogP contribution in [0.2, 0.25) is 5.28 Å². The molecule has 1 aromatic rings. The summed E-state index contributed by atoms with van der Waals surface area (Å²) in [5, 5.41) is 3.08. The number of hydrogen-bond acceptors (Lipinski definition) is 5. The van der Waals surface area contributed by atoms with Crippen LogP contribution in [0.1, 0.15) is 45.4 Å². The van der Waals surface area contributed by atoms with Crippen LogP contribution in [0.5, 0.6) is 0 Å². The zero-order valence-corrected chi connectivity index (χ0v) is 13.1. The fourth-order valence-corrected chi connectivity index (χ4v) is 2.17. The van der Waals surface area contributed by atoms with Gasteiger partial charge in [0.25, 0.3) is 0 Å². The predicted octanol–water partition coefficient (Wildman–Crippen LogP) is 3.58. The fourth-order valence-electron chi connectivity index (χ4n) is 2.04. The molecule has 0 amide bonds. The van der Waals surface area contributed by atoms with Gasteiger partial charge in [0.15, 0.2) is 11.6 Å². The van der Waals surface area contributed by atoms with Gasteiger partial charge in [0.2, 0.25) is 5.28 Å². The molecule has 0 aromatic carbocycles. The molecule has 0 spiro atoms. The van der Waals surface area contributed by atoms with Crippen LogP contribution in [0.15, 0.2) is 6.20 Å². The van der Waals surface area contributed by atoms with Crippen molar-refractivity contribution in [1.82, 2.24) is 9.97 Å². The van der Waals surface area contributed by atoms with Crippen LogP contribution in [0, 0.1) is 5.82 Å². The van der Waals surface area contributed by atoms with Gasteiger partial charge in [-0.15, -0.1) is 0 Å². The van der Waals surface area contributed by atoms with Crippen LogP contribution in [-0.2, 0) is 9.53 Å². The van der Waals surface area contributed by atoms with Crippen LogP contribution in [0.3, 0.4) is 0 Å². The summed E-state index contributed by atoms with van der Waals surface area (Å²) in [4.78, 5) is 18.5. The number of carbonyl (C=O) groups is 1. The topological polar surface area (TPSA) is 64.1 Å². The first-order valence-corrected chi connectivity index (χ1v) is 7.46. The molecule has 0 radical (unpaired) electrons. The minimum Gasteiger partial charge on any atom is -0.469 e. The number of nitrogens with zero attached hydrogens (tertiary/aromatic N) is 2. The maximum atomic E-state index is 13.6. The third-order valence-electron chi connectivity index (χ3n) is 3.10. The molecular weight excluding hydrogens is 297 g/mol. The Morgan fingerprint density at radius 3 is 2.90 bits per heavy atom.